The van der Waals surface area contributed by atoms with E-state index in [4.69, 9.17) is 0 Å². The third-order valence-corrected chi connectivity index (χ3v) is 3.54. The highest BCUT2D eigenvalue weighted by Crippen LogP contribution is 2.33. The molecule has 1 aromatic rings. The van der Waals surface area contributed by atoms with E-state index < -0.39 is 0 Å². The van der Waals surface area contributed by atoms with E-state index in [2.05, 4.69) is 6.07 Å². The minimum Gasteiger partial charge on any atom is -0.308 e. The summed E-state index contributed by atoms with van der Waals surface area (Å²) in [5, 5.41) is 9.93. The van der Waals surface area contributed by atoms with Crippen LogP contribution in [0.4, 0.5) is 0 Å². The van der Waals surface area contributed by atoms with E-state index in [9.17, 15) is 10.1 Å². The predicted octanol–water partition coefficient (Wildman–Crippen LogP) is 2.08. The zero-order valence-electron chi connectivity index (χ0n) is 8.80. The number of benzene rings is 1. The maximum atomic E-state index is 11.4. The molecule has 1 aromatic carbocycles. The van der Waals surface area contributed by atoms with Crippen LogP contribution < -0.4 is 0 Å². The highest BCUT2D eigenvalue weighted by atomic mass is 32.2. The van der Waals surface area contributed by atoms with Gasteiger partial charge in [0.1, 0.15) is 6.07 Å². The number of nitrogens with zero attached hydrogens (tertiary/aromatic N) is 2. The van der Waals surface area contributed by atoms with Crippen molar-refractivity contribution in [1.29, 1.82) is 5.26 Å². The molecular formula is C12H10N2OS. The molecule has 3 nitrogen and oxygen atoms in total. The largest absolute Gasteiger partial charge is 0.308 e. The van der Waals surface area contributed by atoms with E-state index in [0.717, 1.165) is 10.6 Å². The molecule has 2 rings (SSSR count). The van der Waals surface area contributed by atoms with Crippen LogP contribution in [0.1, 0.15) is 5.56 Å². The summed E-state index contributed by atoms with van der Waals surface area (Å²) in [6.45, 7) is 0. The van der Waals surface area contributed by atoms with Gasteiger partial charge in [-0.05, 0) is 5.56 Å². The maximum Gasteiger partial charge on any atom is 0.237 e. The van der Waals surface area contributed by atoms with Gasteiger partial charge >= 0.3 is 0 Å². The molecule has 1 fully saturated rings. The number of hydrogen-bond donors (Lipinski definition) is 0. The average Bonchev–Trinajstić information content (AvgIpc) is 2.64. The van der Waals surface area contributed by atoms with Gasteiger partial charge in [-0.3, -0.25) is 4.79 Å². The fourth-order valence-corrected chi connectivity index (χ4v) is 2.57. The minimum absolute atomic E-state index is 0.0451. The number of nitriles is 1. The Morgan fingerprint density at radius 1 is 1.44 bits per heavy atom. The number of thioether (sulfide) groups is 1. The Hall–Kier alpha value is -1.73. The van der Waals surface area contributed by atoms with Crippen LogP contribution in [0.3, 0.4) is 0 Å². The molecule has 1 heterocycles. The monoisotopic (exact) mass is 230 g/mol. The summed E-state index contributed by atoms with van der Waals surface area (Å²) >= 11 is 1.42. The molecule has 0 bridgehead atoms. The van der Waals surface area contributed by atoms with Gasteiger partial charge in [0.05, 0.1) is 16.4 Å². The molecule has 16 heavy (non-hydrogen) atoms. The number of hydrogen-bond acceptors (Lipinski definition) is 3. The van der Waals surface area contributed by atoms with Gasteiger partial charge in [-0.15, -0.1) is 0 Å². The van der Waals surface area contributed by atoms with Gasteiger partial charge in [-0.1, -0.05) is 42.1 Å². The first-order valence-corrected chi connectivity index (χ1v) is 5.81. The molecule has 1 amide bonds. The quantitative estimate of drug-likeness (QED) is 0.694. The summed E-state index contributed by atoms with van der Waals surface area (Å²) in [5.41, 5.74) is 1.42. The summed E-state index contributed by atoms with van der Waals surface area (Å²) in [6, 6.07) is 11.6. The Kier molecular flexibility index (Phi) is 2.97. The number of rotatable bonds is 1. The lowest BCUT2D eigenvalue weighted by atomic mass is 10.1. The van der Waals surface area contributed by atoms with Gasteiger partial charge in [0.2, 0.25) is 5.91 Å². The molecule has 0 spiro atoms. The third kappa shape index (κ3) is 1.82. The lowest BCUT2D eigenvalue weighted by Crippen LogP contribution is -2.19. The fraction of sp³-hybridized carbons (Fsp3) is 0.167. The maximum absolute atomic E-state index is 11.4. The Morgan fingerprint density at radius 3 is 2.62 bits per heavy atom. The van der Waals surface area contributed by atoms with Crippen molar-refractivity contribution in [3.05, 3.63) is 40.9 Å². The van der Waals surface area contributed by atoms with Crippen LogP contribution >= 0.6 is 11.8 Å². The zero-order valence-corrected chi connectivity index (χ0v) is 9.62. The SMILES string of the molecule is CN1C(=O)CS/C1=C(/C#N)c1ccccc1. The highest BCUT2D eigenvalue weighted by Gasteiger charge is 2.26. The summed E-state index contributed by atoms with van der Waals surface area (Å²) in [6.07, 6.45) is 0. The van der Waals surface area contributed by atoms with Crippen molar-refractivity contribution in [3.63, 3.8) is 0 Å². The summed E-state index contributed by atoms with van der Waals surface area (Å²) < 4.78 is 0. The molecular weight excluding hydrogens is 220 g/mol. The fourth-order valence-electron chi connectivity index (χ4n) is 1.52. The van der Waals surface area contributed by atoms with E-state index >= 15 is 0 Å². The lowest BCUT2D eigenvalue weighted by Gasteiger charge is -2.11. The van der Waals surface area contributed by atoms with Gasteiger partial charge in [-0.25, -0.2) is 0 Å². The second-order valence-corrected chi connectivity index (χ2v) is 4.36. The number of carbonyl (C=O) groups excluding carboxylic acids is 1. The molecule has 0 saturated carbocycles. The number of carbonyl (C=O) groups is 1. The Labute approximate surface area is 98.4 Å². The van der Waals surface area contributed by atoms with Crippen LogP contribution in [0.5, 0.6) is 0 Å². The molecule has 0 atom stereocenters. The highest BCUT2D eigenvalue weighted by molar-refractivity contribution is 8.04. The molecule has 1 aliphatic rings. The van der Waals surface area contributed by atoms with Gasteiger partial charge in [0, 0.05) is 7.05 Å². The van der Waals surface area contributed by atoms with Crippen molar-refractivity contribution in [2.45, 2.75) is 0 Å². The minimum atomic E-state index is 0.0451. The van der Waals surface area contributed by atoms with Gasteiger partial charge < -0.3 is 4.90 Å². The van der Waals surface area contributed by atoms with Crippen molar-refractivity contribution >= 4 is 23.2 Å². The lowest BCUT2D eigenvalue weighted by molar-refractivity contribution is -0.124. The van der Waals surface area contributed by atoms with E-state index in [1.54, 1.807) is 11.9 Å². The van der Waals surface area contributed by atoms with Gasteiger partial charge in [0.25, 0.3) is 0 Å². The van der Waals surface area contributed by atoms with Crippen LogP contribution in [0.25, 0.3) is 5.57 Å². The molecule has 0 radical (unpaired) electrons. The van der Waals surface area contributed by atoms with Crippen LogP contribution in [0.15, 0.2) is 35.4 Å². The first-order chi connectivity index (χ1) is 7.74. The molecule has 0 aromatic heterocycles. The third-order valence-electron chi connectivity index (χ3n) is 2.40. The molecule has 1 aliphatic heterocycles. The van der Waals surface area contributed by atoms with Crippen LogP contribution in [0.2, 0.25) is 0 Å². The van der Waals surface area contributed by atoms with Crippen LogP contribution in [0, 0.1) is 11.3 Å². The molecule has 1 saturated heterocycles. The van der Waals surface area contributed by atoms with Gasteiger partial charge in [-0.2, -0.15) is 5.26 Å². The van der Waals surface area contributed by atoms with Gasteiger partial charge in [0.15, 0.2) is 0 Å². The van der Waals surface area contributed by atoms with Crippen LogP contribution in [-0.2, 0) is 4.79 Å². The zero-order chi connectivity index (χ0) is 11.5. The topological polar surface area (TPSA) is 44.1 Å². The predicted molar refractivity (Wildman–Crippen MR) is 64.2 cm³/mol. The second-order valence-electron chi connectivity index (χ2n) is 3.40. The van der Waals surface area contributed by atoms with Crippen molar-refractivity contribution < 1.29 is 4.79 Å². The van der Waals surface area contributed by atoms with Crippen molar-refractivity contribution in [3.8, 4) is 6.07 Å². The van der Waals surface area contributed by atoms with Crippen LogP contribution in [-0.4, -0.2) is 23.6 Å². The number of allylic oxidation sites excluding steroid dienone is 1. The Morgan fingerprint density at radius 2 is 2.12 bits per heavy atom. The Balaban J connectivity index is 2.49. The second kappa shape index (κ2) is 4.42. The molecule has 80 valence electrons. The smallest absolute Gasteiger partial charge is 0.237 e. The molecule has 0 unspecified atom stereocenters. The Bertz CT molecular complexity index is 487. The number of amides is 1. The van der Waals surface area contributed by atoms with Crippen molar-refractivity contribution in [2.75, 3.05) is 12.8 Å². The summed E-state index contributed by atoms with van der Waals surface area (Å²) in [5.74, 6) is 0.466. The first kappa shape index (κ1) is 10.8. The van der Waals surface area contributed by atoms with Crippen molar-refractivity contribution in [2.24, 2.45) is 0 Å². The van der Waals surface area contributed by atoms with E-state index in [0.29, 0.717) is 11.3 Å². The first-order valence-electron chi connectivity index (χ1n) is 4.83. The average molecular weight is 230 g/mol. The summed E-state index contributed by atoms with van der Waals surface area (Å²) in [4.78, 5) is 12.9. The van der Waals surface area contributed by atoms with Crippen molar-refractivity contribution in [1.82, 2.24) is 4.90 Å². The standard InChI is InChI=1S/C12H10N2OS/c1-14-11(15)8-16-12(14)10(7-13)9-5-3-2-4-6-9/h2-6H,8H2,1H3/b12-10-. The summed E-state index contributed by atoms with van der Waals surface area (Å²) in [7, 11) is 1.71. The van der Waals surface area contributed by atoms with E-state index in [1.807, 2.05) is 30.3 Å². The van der Waals surface area contributed by atoms with E-state index in [1.165, 1.54) is 11.8 Å². The van der Waals surface area contributed by atoms with E-state index in [-0.39, 0.29) is 5.91 Å². The molecule has 4 heteroatoms. The molecule has 0 N–H and O–H groups in total. The normalized spacial score (nSPS) is 18.5. The molecule has 0 aliphatic carbocycles.